The van der Waals surface area contributed by atoms with E-state index in [0.29, 0.717) is 6.61 Å². The average Bonchev–Trinajstić information content (AvgIpc) is 2.83. The number of allylic oxidation sites excluding steroid dienone is 1. The molecule has 0 aliphatic carbocycles. The maximum atomic E-state index is 5.75. The first-order valence-electron chi connectivity index (χ1n) is 12.6. The third-order valence-electron chi connectivity index (χ3n) is 5.39. The van der Waals surface area contributed by atoms with Crippen molar-refractivity contribution in [2.24, 2.45) is 0 Å². The first-order chi connectivity index (χ1) is 15.8. The number of aromatic nitrogens is 2. The van der Waals surface area contributed by atoms with Crippen molar-refractivity contribution in [3.63, 3.8) is 0 Å². The quantitative estimate of drug-likeness (QED) is 0.178. The third-order valence-corrected chi connectivity index (χ3v) is 5.39. The number of hydrogen-bond acceptors (Lipinski definition) is 4. The molecule has 0 spiro atoms. The highest BCUT2D eigenvalue weighted by Crippen LogP contribution is 2.18. The van der Waals surface area contributed by atoms with Crippen LogP contribution in [0.3, 0.4) is 0 Å². The lowest BCUT2D eigenvalue weighted by Crippen LogP contribution is -1.98. The normalized spacial score (nSPS) is 11.3. The number of nitrogens with zero attached hydrogens (tertiary/aromatic N) is 2. The molecule has 0 radical (unpaired) electrons. The largest absolute Gasteiger partial charge is 0.490 e. The SMILES string of the molecule is CCCCC/C=C\CCOc1cnc(-c2ccc(CCCCCCOCCC)cc2)nc1. The van der Waals surface area contributed by atoms with Gasteiger partial charge in [0.1, 0.15) is 0 Å². The smallest absolute Gasteiger partial charge is 0.159 e. The molecule has 0 unspecified atom stereocenters. The van der Waals surface area contributed by atoms with Crippen molar-refractivity contribution in [1.82, 2.24) is 9.97 Å². The number of ether oxygens (including phenoxy) is 2. The molecule has 0 amide bonds. The molecule has 1 heterocycles. The fourth-order valence-electron chi connectivity index (χ4n) is 3.49. The number of aryl methyl sites for hydroxylation is 1. The Morgan fingerprint density at radius 1 is 0.719 bits per heavy atom. The molecule has 0 saturated carbocycles. The summed E-state index contributed by atoms with van der Waals surface area (Å²) in [5.41, 5.74) is 2.42. The van der Waals surface area contributed by atoms with Gasteiger partial charge in [-0.05, 0) is 50.5 Å². The molecule has 0 saturated heterocycles. The van der Waals surface area contributed by atoms with E-state index in [2.05, 4.69) is 60.2 Å². The first kappa shape index (κ1) is 26.1. The molecule has 1 aromatic carbocycles. The van der Waals surface area contributed by atoms with Crippen LogP contribution in [0.25, 0.3) is 11.4 Å². The van der Waals surface area contributed by atoms with Crippen LogP contribution in [0.2, 0.25) is 0 Å². The Hall–Kier alpha value is -2.20. The molecule has 0 fully saturated rings. The van der Waals surface area contributed by atoms with Crippen molar-refractivity contribution in [2.75, 3.05) is 19.8 Å². The lowest BCUT2D eigenvalue weighted by Gasteiger charge is -2.06. The van der Waals surface area contributed by atoms with Crippen molar-refractivity contribution in [3.05, 3.63) is 54.4 Å². The highest BCUT2D eigenvalue weighted by molar-refractivity contribution is 5.55. The summed E-state index contributed by atoms with van der Waals surface area (Å²) in [5, 5.41) is 0. The van der Waals surface area contributed by atoms with Crippen LogP contribution in [0.15, 0.2) is 48.8 Å². The maximum absolute atomic E-state index is 5.75. The van der Waals surface area contributed by atoms with Gasteiger partial charge in [0, 0.05) is 18.8 Å². The molecule has 4 heteroatoms. The molecule has 32 heavy (non-hydrogen) atoms. The Labute approximate surface area is 195 Å². The molecule has 0 aliphatic rings. The topological polar surface area (TPSA) is 44.2 Å². The summed E-state index contributed by atoms with van der Waals surface area (Å²) in [6.07, 6.45) is 21.1. The fraction of sp³-hybridized carbons (Fsp3) is 0.571. The maximum Gasteiger partial charge on any atom is 0.159 e. The van der Waals surface area contributed by atoms with Crippen LogP contribution in [-0.4, -0.2) is 29.8 Å². The van der Waals surface area contributed by atoms with Crippen LogP contribution < -0.4 is 4.74 Å². The van der Waals surface area contributed by atoms with Crippen LogP contribution in [0.1, 0.15) is 83.6 Å². The zero-order chi connectivity index (χ0) is 22.7. The zero-order valence-corrected chi connectivity index (χ0v) is 20.2. The summed E-state index contributed by atoms with van der Waals surface area (Å²) < 4.78 is 11.3. The van der Waals surface area contributed by atoms with Gasteiger partial charge in [0.25, 0.3) is 0 Å². The summed E-state index contributed by atoms with van der Waals surface area (Å²) in [4.78, 5) is 8.96. The Bertz CT molecular complexity index is 726. The molecule has 0 bridgehead atoms. The second-order valence-corrected chi connectivity index (χ2v) is 8.32. The Morgan fingerprint density at radius 3 is 2.22 bits per heavy atom. The summed E-state index contributed by atoms with van der Waals surface area (Å²) in [6.45, 7) is 6.84. The summed E-state index contributed by atoms with van der Waals surface area (Å²) >= 11 is 0. The van der Waals surface area contributed by atoms with E-state index in [9.17, 15) is 0 Å². The van der Waals surface area contributed by atoms with Gasteiger partial charge < -0.3 is 9.47 Å². The van der Waals surface area contributed by atoms with Gasteiger partial charge in [-0.3, -0.25) is 0 Å². The van der Waals surface area contributed by atoms with Crippen LogP contribution >= 0.6 is 0 Å². The summed E-state index contributed by atoms with van der Waals surface area (Å²) in [7, 11) is 0. The van der Waals surface area contributed by atoms with E-state index in [1.807, 2.05) is 0 Å². The van der Waals surface area contributed by atoms with Crippen LogP contribution in [-0.2, 0) is 11.2 Å². The zero-order valence-electron chi connectivity index (χ0n) is 20.2. The van der Waals surface area contributed by atoms with Gasteiger partial charge in [-0.2, -0.15) is 0 Å². The number of unbranched alkanes of at least 4 members (excludes halogenated alkanes) is 6. The van der Waals surface area contributed by atoms with Crippen molar-refractivity contribution in [1.29, 1.82) is 0 Å². The Balaban J connectivity index is 1.64. The monoisotopic (exact) mass is 438 g/mol. The van der Waals surface area contributed by atoms with Gasteiger partial charge in [-0.1, -0.05) is 75.9 Å². The molecule has 0 atom stereocenters. The molecular weight excluding hydrogens is 396 g/mol. The van der Waals surface area contributed by atoms with E-state index in [4.69, 9.17) is 9.47 Å². The van der Waals surface area contributed by atoms with E-state index in [0.717, 1.165) is 49.6 Å². The van der Waals surface area contributed by atoms with Gasteiger partial charge in [0.05, 0.1) is 19.0 Å². The van der Waals surface area contributed by atoms with E-state index in [1.165, 1.54) is 56.9 Å². The molecule has 176 valence electrons. The minimum absolute atomic E-state index is 0.660. The molecule has 2 rings (SSSR count). The minimum atomic E-state index is 0.660. The van der Waals surface area contributed by atoms with E-state index < -0.39 is 0 Å². The highest BCUT2D eigenvalue weighted by atomic mass is 16.5. The highest BCUT2D eigenvalue weighted by Gasteiger charge is 2.03. The van der Waals surface area contributed by atoms with Gasteiger partial charge >= 0.3 is 0 Å². The molecule has 4 nitrogen and oxygen atoms in total. The summed E-state index contributed by atoms with van der Waals surface area (Å²) in [5.74, 6) is 1.47. The van der Waals surface area contributed by atoms with Crippen LogP contribution in [0.5, 0.6) is 5.75 Å². The number of hydrogen-bond donors (Lipinski definition) is 0. The lowest BCUT2D eigenvalue weighted by atomic mass is 10.0. The molecule has 0 aliphatic heterocycles. The number of rotatable bonds is 18. The predicted octanol–water partition coefficient (Wildman–Crippen LogP) is 7.58. The number of benzene rings is 1. The lowest BCUT2D eigenvalue weighted by molar-refractivity contribution is 0.130. The Morgan fingerprint density at radius 2 is 1.47 bits per heavy atom. The van der Waals surface area contributed by atoms with E-state index >= 15 is 0 Å². The van der Waals surface area contributed by atoms with Crippen molar-refractivity contribution in [2.45, 2.75) is 84.5 Å². The average molecular weight is 439 g/mol. The second-order valence-electron chi connectivity index (χ2n) is 8.32. The van der Waals surface area contributed by atoms with Gasteiger partial charge in [0.2, 0.25) is 0 Å². The van der Waals surface area contributed by atoms with Crippen LogP contribution in [0.4, 0.5) is 0 Å². The molecule has 0 N–H and O–H groups in total. The summed E-state index contributed by atoms with van der Waals surface area (Å²) in [6, 6.07) is 8.63. The fourth-order valence-corrected chi connectivity index (χ4v) is 3.49. The predicted molar refractivity (Wildman–Crippen MR) is 134 cm³/mol. The van der Waals surface area contributed by atoms with Gasteiger partial charge in [0.15, 0.2) is 11.6 Å². The molecular formula is C28H42N2O2. The standard InChI is InChI=1S/C28H42N2O2/c1-3-5-6-7-8-10-14-22-32-27-23-29-28(30-24-27)26-18-16-25(17-19-26)15-12-9-11-13-21-31-20-4-2/h8,10,16-19,23-24H,3-7,9,11-15,20-22H2,1-2H3/b10-8-. The van der Waals surface area contributed by atoms with Crippen LogP contribution in [0, 0.1) is 0 Å². The molecule has 2 aromatic rings. The van der Waals surface area contributed by atoms with Crippen molar-refractivity contribution >= 4 is 0 Å². The van der Waals surface area contributed by atoms with E-state index in [1.54, 1.807) is 12.4 Å². The van der Waals surface area contributed by atoms with Gasteiger partial charge in [-0.15, -0.1) is 0 Å². The first-order valence-corrected chi connectivity index (χ1v) is 12.6. The van der Waals surface area contributed by atoms with Crippen molar-refractivity contribution in [3.8, 4) is 17.1 Å². The third kappa shape index (κ3) is 11.4. The van der Waals surface area contributed by atoms with Gasteiger partial charge in [-0.25, -0.2) is 9.97 Å². The minimum Gasteiger partial charge on any atom is -0.490 e. The Kier molecular flexibility index (Phi) is 14.1. The second kappa shape index (κ2) is 17.4. The molecule has 1 aromatic heterocycles. The van der Waals surface area contributed by atoms with Crippen molar-refractivity contribution < 1.29 is 9.47 Å². The van der Waals surface area contributed by atoms with E-state index in [-0.39, 0.29) is 0 Å².